The van der Waals surface area contributed by atoms with Crippen molar-refractivity contribution in [3.63, 3.8) is 0 Å². The number of rotatable bonds is 5. The fourth-order valence-corrected chi connectivity index (χ4v) is 5.45. The van der Waals surface area contributed by atoms with Crippen LogP contribution in [0.4, 0.5) is 0 Å². The predicted octanol–water partition coefficient (Wildman–Crippen LogP) is 3.11. The highest BCUT2D eigenvalue weighted by Crippen LogP contribution is 2.31. The first kappa shape index (κ1) is 16.5. The molecule has 1 heterocycles. The number of benzene rings is 1. The van der Waals surface area contributed by atoms with Crippen LogP contribution in [0.5, 0.6) is 0 Å². The zero-order chi connectivity index (χ0) is 15.5. The molecule has 1 aliphatic rings. The molecule has 0 radical (unpaired) electrons. The van der Waals surface area contributed by atoms with Gasteiger partial charge in [-0.1, -0.05) is 44.5 Å². The van der Waals surface area contributed by atoms with E-state index in [-0.39, 0.29) is 11.3 Å². The van der Waals surface area contributed by atoms with Gasteiger partial charge in [-0.3, -0.25) is 0 Å². The largest absolute Gasteiger partial charge is 0.312 e. The van der Waals surface area contributed by atoms with Gasteiger partial charge in [-0.05, 0) is 43.4 Å². The van der Waals surface area contributed by atoms with Gasteiger partial charge in [0.05, 0.1) is 11.0 Å². The summed E-state index contributed by atoms with van der Waals surface area (Å²) in [5.41, 5.74) is 2.39. The highest BCUT2D eigenvalue weighted by Gasteiger charge is 2.35. The van der Waals surface area contributed by atoms with Crippen LogP contribution in [0.3, 0.4) is 0 Å². The molecule has 0 spiro atoms. The van der Waals surface area contributed by atoms with Gasteiger partial charge in [0.2, 0.25) is 0 Å². The van der Waals surface area contributed by atoms with Crippen molar-refractivity contribution in [2.24, 2.45) is 5.92 Å². The molecule has 21 heavy (non-hydrogen) atoms. The molecule has 118 valence electrons. The third kappa shape index (κ3) is 4.07. The topological polar surface area (TPSA) is 46.2 Å². The van der Waals surface area contributed by atoms with Crippen molar-refractivity contribution in [3.8, 4) is 0 Å². The van der Waals surface area contributed by atoms with Crippen LogP contribution in [0.2, 0.25) is 0 Å². The quantitative estimate of drug-likeness (QED) is 0.909. The van der Waals surface area contributed by atoms with E-state index >= 15 is 0 Å². The fourth-order valence-electron chi connectivity index (χ4n) is 3.31. The smallest absolute Gasteiger partial charge is 0.155 e. The van der Waals surface area contributed by atoms with Crippen molar-refractivity contribution < 1.29 is 8.42 Å². The van der Waals surface area contributed by atoms with E-state index in [0.717, 1.165) is 31.2 Å². The number of hydrogen-bond acceptors (Lipinski definition) is 3. The van der Waals surface area contributed by atoms with E-state index in [1.54, 1.807) is 0 Å². The Morgan fingerprint density at radius 1 is 1.29 bits per heavy atom. The van der Waals surface area contributed by atoms with Crippen LogP contribution >= 0.6 is 0 Å². The summed E-state index contributed by atoms with van der Waals surface area (Å²) < 4.78 is 24.8. The van der Waals surface area contributed by atoms with Gasteiger partial charge in [0.1, 0.15) is 0 Å². The second kappa shape index (κ2) is 6.93. The zero-order valence-corrected chi connectivity index (χ0v) is 14.1. The fraction of sp³-hybridized carbons (Fsp3) is 0.647. The lowest BCUT2D eigenvalue weighted by Gasteiger charge is -2.30. The summed E-state index contributed by atoms with van der Waals surface area (Å²) in [4.78, 5) is 0. The van der Waals surface area contributed by atoms with Crippen LogP contribution in [-0.4, -0.2) is 26.5 Å². The van der Waals surface area contributed by atoms with Crippen molar-refractivity contribution >= 4 is 9.84 Å². The second-order valence-electron chi connectivity index (χ2n) is 6.51. The molecule has 0 saturated carbocycles. The lowest BCUT2D eigenvalue weighted by Crippen LogP contribution is -2.39. The molecular formula is C17H27NO2S. The van der Waals surface area contributed by atoms with Crippen LogP contribution < -0.4 is 5.32 Å². The van der Waals surface area contributed by atoms with Crippen molar-refractivity contribution in [1.29, 1.82) is 0 Å². The molecule has 3 nitrogen and oxygen atoms in total. The van der Waals surface area contributed by atoms with Gasteiger partial charge in [0, 0.05) is 6.04 Å². The molecule has 1 aromatic carbocycles. The van der Waals surface area contributed by atoms with Gasteiger partial charge in [0.25, 0.3) is 0 Å². The summed E-state index contributed by atoms with van der Waals surface area (Å²) >= 11 is 0. The maximum Gasteiger partial charge on any atom is 0.155 e. The van der Waals surface area contributed by atoms with Gasteiger partial charge in [-0.15, -0.1) is 0 Å². The lowest BCUT2D eigenvalue weighted by molar-refractivity contribution is 0.469. The average molecular weight is 309 g/mol. The molecule has 1 fully saturated rings. The minimum absolute atomic E-state index is 0.0950. The molecule has 0 aromatic heterocycles. The highest BCUT2D eigenvalue weighted by atomic mass is 32.2. The Kier molecular flexibility index (Phi) is 5.44. The Hall–Kier alpha value is -0.870. The molecule has 2 rings (SSSR count). The van der Waals surface area contributed by atoms with Crippen LogP contribution in [0, 0.1) is 5.92 Å². The average Bonchev–Trinajstić information content (AvgIpc) is 2.41. The standard InChI is InChI=1S/C17H27NO2S/c1-13(2)11-14-7-6-8-15(12-14)17(18-3)16-9-4-5-10-21(16,19)20/h6-8,12-13,16-18H,4-5,9-11H2,1-3H3. The first-order valence-electron chi connectivity index (χ1n) is 7.91. The summed E-state index contributed by atoms with van der Waals surface area (Å²) in [7, 11) is -1.12. The Bertz CT molecular complexity index is 566. The van der Waals surface area contributed by atoms with Gasteiger partial charge in [-0.2, -0.15) is 0 Å². The van der Waals surface area contributed by atoms with E-state index < -0.39 is 9.84 Å². The lowest BCUT2D eigenvalue weighted by atomic mass is 9.95. The zero-order valence-electron chi connectivity index (χ0n) is 13.3. The number of nitrogens with one attached hydrogen (secondary N) is 1. The monoisotopic (exact) mass is 309 g/mol. The molecule has 1 N–H and O–H groups in total. The van der Waals surface area contributed by atoms with Crippen molar-refractivity contribution in [2.75, 3.05) is 12.8 Å². The first-order chi connectivity index (χ1) is 9.94. The summed E-state index contributed by atoms with van der Waals surface area (Å²) in [5, 5.41) is 2.96. The molecule has 4 heteroatoms. The van der Waals surface area contributed by atoms with E-state index in [4.69, 9.17) is 0 Å². The van der Waals surface area contributed by atoms with E-state index in [0.29, 0.717) is 11.7 Å². The molecule has 2 atom stereocenters. The summed E-state index contributed by atoms with van der Waals surface area (Å²) in [5.74, 6) is 0.938. The maximum absolute atomic E-state index is 12.4. The molecule has 0 bridgehead atoms. The Morgan fingerprint density at radius 3 is 2.67 bits per heavy atom. The molecular weight excluding hydrogens is 282 g/mol. The normalized spacial score (nSPS) is 23.1. The van der Waals surface area contributed by atoms with Crippen LogP contribution in [0.25, 0.3) is 0 Å². The first-order valence-corrected chi connectivity index (χ1v) is 9.63. The van der Waals surface area contributed by atoms with Crippen molar-refractivity contribution in [1.82, 2.24) is 5.32 Å². The molecule has 0 aliphatic carbocycles. The SMILES string of the molecule is CNC(c1cccc(CC(C)C)c1)C1CCCCS1(=O)=O. The maximum atomic E-state index is 12.4. The minimum atomic E-state index is -2.98. The molecule has 1 saturated heterocycles. The Morgan fingerprint density at radius 2 is 2.05 bits per heavy atom. The minimum Gasteiger partial charge on any atom is -0.312 e. The summed E-state index contributed by atoms with van der Waals surface area (Å²) in [6.45, 7) is 4.40. The predicted molar refractivity (Wildman–Crippen MR) is 88.2 cm³/mol. The van der Waals surface area contributed by atoms with Crippen LogP contribution in [0.15, 0.2) is 24.3 Å². The number of hydrogen-bond donors (Lipinski definition) is 1. The highest BCUT2D eigenvalue weighted by molar-refractivity contribution is 7.92. The van der Waals surface area contributed by atoms with Gasteiger partial charge < -0.3 is 5.32 Å². The van der Waals surface area contributed by atoms with E-state index in [9.17, 15) is 8.42 Å². The van der Waals surface area contributed by atoms with E-state index in [1.807, 2.05) is 13.1 Å². The third-order valence-electron chi connectivity index (χ3n) is 4.27. The molecule has 2 unspecified atom stereocenters. The number of sulfone groups is 1. The van der Waals surface area contributed by atoms with E-state index in [1.165, 1.54) is 5.56 Å². The van der Waals surface area contributed by atoms with E-state index in [2.05, 4.69) is 37.4 Å². The van der Waals surface area contributed by atoms with Gasteiger partial charge in [-0.25, -0.2) is 8.42 Å². The van der Waals surface area contributed by atoms with Crippen molar-refractivity contribution in [3.05, 3.63) is 35.4 Å². The Labute approximate surface area is 129 Å². The molecule has 1 aromatic rings. The summed E-state index contributed by atoms with van der Waals surface area (Å²) in [6.07, 6.45) is 3.61. The van der Waals surface area contributed by atoms with Crippen LogP contribution in [0.1, 0.15) is 50.3 Å². The molecule has 1 aliphatic heterocycles. The van der Waals surface area contributed by atoms with Crippen LogP contribution in [-0.2, 0) is 16.3 Å². The second-order valence-corrected chi connectivity index (χ2v) is 8.85. The van der Waals surface area contributed by atoms with Gasteiger partial charge >= 0.3 is 0 Å². The summed E-state index contributed by atoms with van der Waals surface area (Å²) in [6, 6.07) is 8.31. The third-order valence-corrected chi connectivity index (χ3v) is 6.55. The van der Waals surface area contributed by atoms with Gasteiger partial charge in [0.15, 0.2) is 9.84 Å². The van der Waals surface area contributed by atoms with Crippen molar-refractivity contribution in [2.45, 2.75) is 50.8 Å². The molecule has 0 amide bonds. The Balaban J connectivity index is 2.28.